The number of ether oxygens (including phenoxy) is 2. The van der Waals surface area contributed by atoms with Crippen LogP contribution in [0.3, 0.4) is 0 Å². The molecule has 0 spiro atoms. The molecule has 2 amide bonds. The molecule has 2 N–H and O–H groups in total. The summed E-state index contributed by atoms with van der Waals surface area (Å²) in [5, 5.41) is 6.05. The predicted octanol–water partition coefficient (Wildman–Crippen LogP) is 2.12. The third kappa shape index (κ3) is 9.87. The molecule has 0 aromatic heterocycles. The monoisotopic (exact) mass is 496 g/mol. The van der Waals surface area contributed by atoms with E-state index in [1.807, 2.05) is 48.5 Å². The second-order valence-corrected chi connectivity index (χ2v) is 9.14. The van der Waals surface area contributed by atoms with Crippen molar-refractivity contribution in [1.29, 1.82) is 0 Å². The van der Waals surface area contributed by atoms with E-state index in [1.54, 1.807) is 14.2 Å². The summed E-state index contributed by atoms with van der Waals surface area (Å²) in [4.78, 5) is 29.2. The van der Waals surface area contributed by atoms with Crippen LogP contribution in [-0.2, 0) is 22.4 Å². The van der Waals surface area contributed by atoms with Gasteiger partial charge in [-0.2, -0.15) is 0 Å². The summed E-state index contributed by atoms with van der Waals surface area (Å²) >= 11 is 0. The number of carbonyl (C=O) groups is 2. The van der Waals surface area contributed by atoms with Gasteiger partial charge in [-0.05, 0) is 61.3 Å². The van der Waals surface area contributed by atoms with E-state index in [0.717, 1.165) is 74.7 Å². The zero-order valence-corrected chi connectivity index (χ0v) is 21.6. The molecule has 196 valence electrons. The third-order valence-electron chi connectivity index (χ3n) is 6.46. The molecule has 0 radical (unpaired) electrons. The van der Waals surface area contributed by atoms with Crippen LogP contribution in [0.4, 0.5) is 0 Å². The van der Waals surface area contributed by atoms with Crippen molar-refractivity contribution in [2.24, 2.45) is 0 Å². The molecule has 2 aromatic rings. The summed E-state index contributed by atoms with van der Waals surface area (Å²) in [6.07, 6.45) is 2.69. The summed E-state index contributed by atoms with van der Waals surface area (Å²) in [5.74, 6) is 1.71. The van der Waals surface area contributed by atoms with Gasteiger partial charge in [0, 0.05) is 39.3 Å². The minimum Gasteiger partial charge on any atom is -0.497 e. The zero-order chi connectivity index (χ0) is 25.6. The molecule has 3 rings (SSSR count). The molecule has 8 heteroatoms. The summed E-state index contributed by atoms with van der Waals surface area (Å²) in [7, 11) is 3.27. The summed E-state index contributed by atoms with van der Waals surface area (Å²) in [6.45, 7) is 7.58. The van der Waals surface area contributed by atoms with Gasteiger partial charge in [0.05, 0.1) is 27.1 Å². The first-order chi connectivity index (χ1) is 17.6. The van der Waals surface area contributed by atoms with Gasteiger partial charge in [-0.3, -0.25) is 9.59 Å². The van der Waals surface area contributed by atoms with Crippen LogP contribution in [0.15, 0.2) is 48.5 Å². The van der Waals surface area contributed by atoms with Crippen LogP contribution in [0.1, 0.15) is 24.0 Å². The predicted molar refractivity (Wildman–Crippen MR) is 142 cm³/mol. The molecule has 1 aliphatic heterocycles. The topological polar surface area (TPSA) is 83.1 Å². The molecule has 1 saturated heterocycles. The minimum absolute atomic E-state index is 0.0566. The number of carbonyl (C=O) groups excluding carboxylic acids is 2. The Morgan fingerprint density at radius 1 is 0.667 bits per heavy atom. The molecule has 1 aliphatic rings. The van der Waals surface area contributed by atoms with Crippen LogP contribution in [0.2, 0.25) is 0 Å². The highest BCUT2D eigenvalue weighted by Gasteiger charge is 2.16. The van der Waals surface area contributed by atoms with E-state index < -0.39 is 0 Å². The van der Waals surface area contributed by atoms with Crippen molar-refractivity contribution in [3.8, 4) is 11.5 Å². The van der Waals surface area contributed by atoms with Gasteiger partial charge in [0.25, 0.3) is 0 Å². The molecule has 0 atom stereocenters. The molecule has 0 saturated carbocycles. The molecule has 36 heavy (non-hydrogen) atoms. The number of nitrogens with one attached hydrogen (secondary N) is 2. The average Bonchev–Trinajstić information content (AvgIpc) is 2.91. The fourth-order valence-electron chi connectivity index (χ4n) is 4.28. The molecule has 0 unspecified atom stereocenters. The van der Waals surface area contributed by atoms with Gasteiger partial charge in [0.2, 0.25) is 11.8 Å². The van der Waals surface area contributed by atoms with Crippen LogP contribution in [-0.4, -0.2) is 88.2 Å². The Kier molecular flexibility index (Phi) is 11.5. The highest BCUT2D eigenvalue weighted by atomic mass is 16.5. The van der Waals surface area contributed by atoms with Crippen molar-refractivity contribution < 1.29 is 19.1 Å². The number of amides is 2. The smallest absolute Gasteiger partial charge is 0.224 e. The van der Waals surface area contributed by atoms with Gasteiger partial charge in [-0.15, -0.1) is 0 Å². The van der Waals surface area contributed by atoms with Crippen LogP contribution >= 0.6 is 0 Å². The Morgan fingerprint density at radius 3 is 1.36 bits per heavy atom. The normalized spacial score (nSPS) is 14.3. The number of nitrogens with zero attached hydrogens (tertiary/aromatic N) is 2. The molecular formula is C28H40N4O4. The second kappa shape index (κ2) is 15.1. The van der Waals surface area contributed by atoms with E-state index in [2.05, 4.69) is 20.4 Å². The number of piperazine rings is 1. The lowest BCUT2D eigenvalue weighted by Crippen LogP contribution is -2.47. The second-order valence-electron chi connectivity index (χ2n) is 9.14. The van der Waals surface area contributed by atoms with Crippen molar-refractivity contribution in [2.75, 3.05) is 66.6 Å². The molecular weight excluding hydrogens is 456 g/mol. The quantitative estimate of drug-likeness (QED) is 0.390. The van der Waals surface area contributed by atoms with Gasteiger partial charge in [-0.1, -0.05) is 24.3 Å². The molecule has 1 heterocycles. The zero-order valence-electron chi connectivity index (χ0n) is 21.6. The summed E-state index contributed by atoms with van der Waals surface area (Å²) < 4.78 is 10.3. The van der Waals surface area contributed by atoms with E-state index in [1.165, 1.54) is 0 Å². The molecule has 0 bridgehead atoms. The van der Waals surface area contributed by atoms with Gasteiger partial charge < -0.3 is 29.9 Å². The first-order valence-electron chi connectivity index (χ1n) is 12.8. The van der Waals surface area contributed by atoms with Gasteiger partial charge in [0.15, 0.2) is 0 Å². The van der Waals surface area contributed by atoms with E-state index in [0.29, 0.717) is 25.9 Å². The maximum atomic E-state index is 12.2. The van der Waals surface area contributed by atoms with Crippen molar-refractivity contribution in [1.82, 2.24) is 20.4 Å². The first-order valence-corrected chi connectivity index (χ1v) is 12.8. The third-order valence-corrected chi connectivity index (χ3v) is 6.46. The van der Waals surface area contributed by atoms with Crippen LogP contribution < -0.4 is 20.1 Å². The van der Waals surface area contributed by atoms with E-state index >= 15 is 0 Å². The Morgan fingerprint density at radius 2 is 1.03 bits per heavy atom. The Bertz CT molecular complexity index is 848. The lowest BCUT2D eigenvalue weighted by molar-refractivity contribution is -0.121. The summed E-state index contributed by atoms with van der Waals surface area (Å²) in [6, 6.07) is 15.2. The molecule has 1 fully saturated rings. The van der Waals surface area contributed by atoms with Gasteiger partial charge >= 0.3 is 0 Å². The average molecular weight is 497 g/mol. The highest BCUT2D eigenvalue weighted by Crippen LogP contribution is 2.12. The number of rotatable bonds is 14. The number of hydrogen-bond acceptors (Lipinski definition) is 6. The van der Waals surface area contributed by atoms with Crippen LogP contribution in [0, 0.1) is 0 Å². The number of benzene rings is 2. The van der Waals surface area contributed by atoms with E-state index in [4.69, 9.17) is 9.47 Å². The van der Waals surface area contributed by atoms with Crippen molar-refractivity contribution in [3.63, 3.8) is 0 Å². The standard InChI is InChI=1S/C28H40N4O4/c1-35-25-9-5-23(6-10-25)21-27(33)29-13-3-15-31-17-19-32(20-18-31)16-4-14-30-28(34)22-24-7-11-26(36-2)12-8-24/h5-12H,3-4,13-22H2,1-2H3,(H,29,33)(H,30,34). The molecule has 2 aromatic carbocycles. The number of hydrogen-bond donors (Lipinski definition) is 2. The summed E-state index contributed by atoms with van der Waals surface area (Å²) in [5.41, 5.74) is 1.97. The van der Waals surface area contributed by atoms with Gasteiger partial charge in [0.1, 0.15) is 11.5 Å². The van der Waals surface area contributed by atoms with E-state index in [-0.39, 0.29) is 11.8 Å². The fourth-order valence-corrected chi connectivity index (χ4v) is 4.28. The van der Waals surface area contributed by atoms with Crippen molar-refractivity contribution in [3.05, 3.63) is 59.7 Å². The minimum atomic E-state index is 0.0566. The maximum absolute atomic E-state index is 12.2. The van der Waals surface area contributed by atoms with E-state index in [9.17, 15) is 9.59 Å². The van der Waals surface area contributed by atoms with Crippen LogP contribution in [0.25, 0.3) is 0 Å². The Labute approximate surface area is 214 Å². The Hall–Kier alpha value is -3.10. The largest absolute Gasteiger partial charge is 0.497 e. The lowest BCUT2D eigenvalue weighted by Gasteiger charge is -2.34. The lowest BCUT2D eigenvalue weighted by atomic mass is 10.1. The maximum Gasteiger partial charge on any atom is 0.224 e. The number of methoxy groups -OCH3 is 2. The van der Waals surface area contributed by atoms with Crippen molar-refractivity contribution >= 4 is 11.8 Å². The Balaban J connectivity index is 1.18. The first kappa shape index (κ1) is 27.5. The molecule has 8 nitrogen and oxygen atoms in total. The highest BCUT2D eigenvalue weighted by molar-refractivity contribution is 5.79. The molecule has 0 aliphatic carbocycles. The fraction of sp³-hybridized carbons (Fsp3) is 0.500. The van der Waals surface area contributed by atoms with Gasteiger partial charge in [-0.25, -0.2) is 0 Å². The SMILES string of the molecule is COc1ccc(CC(=O)NCCCN2CCN(CCCNC(=O)Cc3ccc(OC)cc3)CC2)cc1. The van der Waals surface area contributed by atoms with Crippen LogP contribution in [0.5, 0.6) is 11.5 Å². The van der Waals surface area contributed by atoms with Crippen molar-refractivity contribution in [2.45, 2.75) is 25.7 Å².